The van der Waals surface area contributed by atoms with Gasteiger partial charge in [-0.3, -0.25) is 9.59 Å². The molecule has 1 aliphatic carbocycles. The van der Waals surface area contributed by atoms with Gasteiger partial charge in [-0.15, -0.1) is 12.4 Å². The summed E-state index contributed by atoms with van der Waals surface area (Å²) in [6, 6.07) is 11.1. The minimum Gasteiger partial charge on any atom is -0.364 e. The summed E-state index contributed by atoms with van der Waals surface area (Å²) in [7, 11) is 0. The molecule has 3 rings (SSSR count). The second-order valence-corrected chi connectivity index (χ2v) is 6.92. The first-order chi connectivity index (χ1) is 13.1. The van der Waals surface area contributed by atoms with Crippen LogP contribution in [-0.4, -0.2) is 40.7 Å². The Morgan fingerprint density at radius 2 is 1.75 bits per heavy atom. The number of nitrogens with one attached hydrogen (secondary N) is 2. The van der Waals surface area contributed by atoms with Crippen molar-refractivity contribution in [3.63, 3.8) is 0 Å². The van der Waals surface area contributed by atoms with Gasteiger partial charge in [0.15, 0.2) is 5.69 Å². The largest absolute Gasteiger partial charge is 0.364 e. The lowest BCUT2D eigenvalue weighted by atomic mass is 10.1. The Kier molecular flexibility index (Phi) is 8.47. The summed E-state index contributed by atoms with van der Waals surface area (Å²) < 4.78 is 1.40. The zero-order valence-corrected chi connectivity index (χ0v) is 16.7. The maximum Gasteiger partial charge on any atom is 0.271 e. The molecule has 0 unspecified atom stereocenters. The third-order valence-electron chi connectivity index (χ3n) is 4.89. The fraction of sp³-hybridized carbons (Fsp3) is 0.450. The number of benzene rings is 1. The molecule has 0 aliphatic heterocycles. The van der Waals surface area contributed by atoms with Crippen molar-refractivity contribution in [2.24, 2.45) is 5.73 Å². The number of hydrogen-bond donors (Lipinski definition) is 3. The van der Waals surface area contributed by atoms with Gasteiger partial charge in [0.1, 0.15) is 5.69 Å². The number of primary amides is 1. The van der Waals surface area contributed by atoms with Crippen molar-refractivity contribution in [3.05, 3.63) is 47.8 Å². The Balaban J connectivity index is 0.00000280. The fourth-order valence-electron chi connectivity index (χ4n) is 3.46. The molecule has 1 aromatic carbocycles. The van der Waals surface area contributed by atoms with Crippen LogP contribution in [0.2, 0.25) is 0 Å². The van der Waals surface area contributed by atoms with Crippen molar-refractivity contribution >= 4 is 24.2 Å². The molecule has 1 aliphatic rings. The lowest BCUT2D eigenvalue weighted by molar-refractivity contribution is 0.0947. The summed E-state index contributed by atoms with van der Waals surface area (Å²) in [6.07, 6.45) is 7.60. The molecule has 0 bridgehead atoms. The molecular weight excluding hydrogens is 378 g/mol. The van der Waals surface area contributed by atoms with Gasteiger partial charge >= 0.3 is 0 Å². The molecule has 1 aromatic heterocycles. The van der Waals surface area contributed by atoms with Crippen LogP contribution in [0.4, 0.5) is 0 Å². The molecule has 7 nitrogen and oxygen atoms in total. The maximum atomic E-state index is 12.4. The van der Waals surface area contributed by atoms with E-state index < -0.39 is 5.91 Å². The highest BCUT2D eigenvalue weighted by Gasteiger charge is 2.18. The quantitative estimate of drug-likeness (QED) is 0.486. The number of aromatic nitrogens is 2. The third-order valence-corrected chi connectivity index (χ3v) is 4.89. The van der Waals surface area contributed by atoms with Crippen LogP contribution in [0.25, 0.3) is 5.69 Å². The van der Waals surface area contributed by atoms with E-state index in [9.17, 15) is 9.59 Å². The smallest absolute Gasteiger partial charge is 0.271 e. The van der Waals surface area contributed by atoms with Gasteiger partial charge in [0, 0.05) is 25.2 Å². The van der Waals surface area contributed by atoms with E-state index in [0.29, 0.717) is 18.3 Å². The molecule has 1 saturated carbocycles. The number of hydrogen-bond acceptors (Lipinski definition) is 4. The van der Waals surface area contributed by atoms with Gasteiger partial charge in [-0.05, 0) is 25.0 Å². The van der Waals surface area contributed by atoms with Gasteiger partial charge in [0.05, 0.1) is 5.69 Å². The second kappa shape index (κ2) is 10.8. The molecule has 0 atom stereocenters. The second-order valence-electron chi connectivity index (χ2n) is 6.92. The Morgan fingerprint density at radius 3 is 2.39 bits per heavy atom. The Bertz CT molecular complexity index is 770. The van der Waals surface area contributed by atoms with Crippen LogP contribution in [0.15, 0.2) is 36.4 Å². The van der Waals surface area contributed by atoms with E-state index in [0.717, 1.165) is 6.54 Å². The molecule has 152 valence electrons. The molecule has 4 N–H and O–H groups in total. The predicted molar refractivity (Wildman–Crippen MR) is 111 cm³/mol. The van der Waals surface area contributed by atoms with Gasteiger partial charge in [-0.1, -0.05) is 43.9 Å². The summed E-state index contributed by atoms with van der Waals surface area (Å²) in [6.45, 7) is 1.23. The molecule has 28 heavy (non-hydrogen) atoms. The summed E-state index contributed by atoms with van der Waals surface area (Å²) in [4.78, 5) is 24.1. The van der Waals surface area contributed by atoms with Crippen LogP contribution in [0.3, 0.4) is 0 Å². The summed E-state index contributed by atoms with van der Waals surface area (Å²) in [5, 5.41) is 10.6. The van der Waals surface area contributed by atoms with E-state index in [1.165, 1.54) is 49.3 Å². The zero-order valence-electron chi connectivity index (χ0n) is 15.9. The van der Waals surface area contributed by atoms with Gasteiger partial charge in [0.2, 0.25) is 0 Å². The SMILES string of the molecule is Cl.NC(=O)c1cc(C(=O)NCCNC2CCCCCC2)nn1-c1ccccc1. The van der Waals surface area contributed by atoms with E-state index in [4.69, 9.17) is 5.73 Å². The van der Waals surface area contributed by atoms with Gasteiger partial charge in [-0.2, -0.15) is 5.10 Å². The number of carbonyl (C=O) groups excluding carboxylic acids is 2. The number of nitrogens with two attached hydrogens (primary N) is 1. The van der Waals surface area contributed by atoms with Crippen LogP contribution < -0.4 is 16.4 Å². The summed E-state index contributed by atoms with van der Waals surface area (Å²) in [5.74, 6) is -0.935. The van der Waals surface area contributed by atoms with E-state index in [2.05, 4.69) is 15.7 Å². The van der Waals surface area contributed by atoms with Gasteiger partial charge < -0.3 is 16.4 Å². The highest BCUT2D eigenvalue weighted by Crippen LogP contribution is 2.17. The van der Waals surface area contributed by atoms with Crippen molar-refractivity contribution in [1.82, 2.24) is 20.4 Å². The maximum absolute atomic E-state index is 12.4. The Labute approximate surface area is 171 Å². The monoisotopic (exact) mass is 405 g/mol. The van der Waals surface area contributed by atoms with E-state index >= 15 is 0 Å². The average molecular weight is 406 g/mol. The molecule has 0 spiro atoms. The molecule has 0 saturated heterocycles. The van der Waals surface area contributed by atoms with Crippen molar-refractivity contribution in [2.75, 3.05) is 13.1 Å². The van der Waals surface area contributed by atoms with Crippen molar-refractivity contribution in [1.29, 1.82) is 0 Å². The number of para-hydroxylation sites is 1. The molecule has 1 heterocycles. The molecule has 2 aromatic rings. The van der Waals surface area contributed by atoms with E-state index in [-0.39, 0.29) is 29.7 Å². The van der Waals surface area contributed by atoms with Crippen LogP contribution in [0, 0.1) is 0 Å². The lowest BCUT2D eigenvalue weighted by Gasteiger charge is -2.16. The normalized spacial score (nSPS) is 14.7. The first-order valence-electron chi connectivity index (χ1n) is 9.62. The standard InChI is InChI=1S/C20H27N5O2.ClH/c21-19(26)18-14-17(24-25(18)16-10-6-3-7-11-16)20(27)23-13-12-22-15-8-4-1-2-5-9-15;/h3,6-7,10-11,14-15,22H,1-2,4-5,8-9,12-13H2,(H2,21,26)(H,23,27);1H. The molecule has 8 heteroatoms. The number of rotatable bonds is 7. The average Bonchev–Trinajstić information content (AvgIpc) is 2.98. The van der Waals surface area contributed by atoms with E-state index in [1.807, 2.05) is 18.2 Å². The number of halogens is 1. The van der Waals surface area contributed by atoms with E-state index in [1.54, 1.807) is 12.1 Å². The van der Waals surface area contributed by atoms with Gasteiger partial charge in [0.25, 0.3) is 11.8 Å². The minimum atomic E-state index is -0.625. The zero-order chi connectivity index (χ0) is 19.1. The van der Waals surface area contributed by atoms with Gasteiger partial charge in [-0.25, -0.2) is 4.68 Å². The molecule has 2 amide bonds. The highest BCUT2D eigenvalue weighted by molar-refractivity contribution is 5.97. The van der Waals surface area contributed by atoms with Crippen LogP contribution in [-0.2, 0) is 0 Å². The number of carbonyl (C=O) groups is 2. The Morgan fingerprint density at radius 1 is 1.07 bits per heavy atom. The van der Waals surface area contributed by atoms with Crippen molar-refractivity contribution in [2.45, 2.75) is 44.6 Å². The summed E-state index contributed by atoms with van der Waals surface area (Å²) >= 11 is 0. The van der Waals surface area contributed by atoms with Crippen molar-refractivity contribution < 1.29 is 9.59 Å². The van der Waals surface area contributed by atoms with Crippen LogP contribution in [0.1, 0.15) is 59.5 Å². The van der Waals surface area contributed by atoms with Crippen LogP contribution >= 0.6 is 12.4 Å². The first kappa shape index (κ1) is 21.9. The Hall–Kier alpha value is -2.38. The topological polar surface area (TPSA) is 102 Å². The number of amides is 2. The third kappa shape index (κ3) is 5.81. The first-order valence-corrected chi connectivity index (χ1v) is 9.62. The minimum absolute atomic E-state index is 0. The fourth-order valence-corrected chi connectivity index (χ4v) is 3.46. The summed E-state index contributed by atoms with van der Waals surface area (Å²) in [5.41, 5.74) is 6.49. The van der Waals surface area contributed by atoms with Crippen molar-refractivity contribution in [3.8, 4) is 5.69 Å². The number of nitrogens with zero attached hydrogens (tertiary/aromatic N) is 2. The highest BCUT2D eigenvalue weighted by atomic mass is 35.5. The molecular formula is C20H28ClN5O2. The molecule has 0 radical (unpaired) electrons. The predicted octanol–water partition coefficient (Wildman–Crippen LogP) is 2.44. The lowest BCUT2D eigenvalue weighted by Crippen LogP contribution is -2.37. The molecule has 1 fully saturated rings. The van der Waals surface area contributed by atoms with Crippen LogP contribution in [0.5, 0.6) is 0 Å².